The Kier molecular flexibility index (Phi) is 6.18. The van der Waals surface area contributed by atoms with Gasteiger partial charge in [0.05, 0.1) is 24.2 Å². The Morgan fingerprint density at radius 1 is 1.19 bits per heavy atom. The number of aryl methyl sites for hydroxylation is 2. The minimum atomic E-state index is -0.910. The lowest BCUT2D eigenvalue weighted by molar-refractivity contribution is -0.138. The summed E-state index contributed by atoms with van der Waals surface area (Å²) in [5, 5.41) is 16.6. The number of aromatic nitrogens is 2. The number of rotatable bonds is 8. The number of nitrogens with one attached hydrogen (secondary N) is 1. The van der Waals surface area contributed by atoms with Crippen molar-refractivity contribution < 1.29 is 14.7 Å². The standard InChI is InChI=1S/C20H27N3O3/c1-5-20(6-2,12-18(24)25)21-19(26)17-9-7-8-16(11-17)13-23-15(4)10-14(3)22-23/h7-11H,5-6,12-13H2,1-4H3,(H,21,26)(H,24,25). The Morgan fingerprint density at radius 2 is 1.88 bits per heavy atom. The van der Waals surface area contributed by atoms with Crippen molar-refractivity contribution in [3.05, 3.63) is 52.8 Å². The summed E-state index contributed by atoms with van der Waals surface area (Å²) < 4.78 is 1.90. The number of nitrogens with zero attached hydrogens (tertiary/aromatic N) is 2. The third kappa shape index (κ3) is 4.71. The summed E-state index contributed by atoms with van der Waals surface area (Å²) in [4.78, 5) is 23.9. The third-order valence-corrected chi connectivity index (χ3v) is 4.85. The van der Waals surface area contributed by atoms with E-state index in [0.717, 1.165) is 17.0 Å². The van der Waals surface area contributed by atoms with Crippen LogP contribution < -0.4 is 5.32 Å². The maximum Gasteiger partial charge on any atom is 0.305 e. The van der Waals surface area contributed by atoms with Crippen LogP contribution in [0.1, 0.15) is 60.4 Å². The fourth-order valence-electron chi connectivity index (χ4n) is 3.14. The van der Waals surface area contributed by atoms with Crippen molar-refractivity contribution in [1.29, 1.82) is 0 Å². The predicted octanol–water partition coefficient (Wildman–Crippen LogP) is 3.31. The molecule has 0 saturated carbocycles. The van der Waals surface area contributed by atoms with E-state index < -0.39 is 11.5 Å². The summed E-state index contributed by atoms with van der Waals surface area (Å²) in [6, 6.07) is 9.39. The van der Waals surface area contributed by atoms with E-state index in [0.29, 0.717) is 24.9 Å². The van der Waals surface area contributed by atoms with E-state index in [-0.39, 0.29) is 12.3 Å². The quantitative estimate of drug-likeness (QED) is 0.759. The van der Waals surface area contributed by atoms with Crippen LogP contribution in [0.5, 0.6) is 0 Å². The van der Waals surface area contributed by atoms with Crippen molar-refractivity contribution in [3.8, 4) is 0 Å². The number of carboxylic acids is 1. The van der Waals surface area contributed by atoms with Crippen molar-refractivity contribution in [2.75, 3.05) is 0 Å². The second-order valence-corrected chi connectivity index (χ2v) is 6.80. The van der Waals surface area contributed by atoms with Crippen LogP contribution in [0.25, 0.3) is 0 Å². The molecule has 6 nitrogen and oxygen atoms in total. The molecule has 0 aliphatic rings. The van der Waals surface area contributed by atoms with E-state index in [9.17, 15) is 9.59 Å². The lowest BCUT2D eigenvalue weighted by Crippen LogP contribution is -2.49. The second kappa shape index (κ2) is 8.17. The van der Waals surface area contributed by atoms with Crippen molar-refractivity contribution in [2.24, 2.45) is 0 Å². The van der Waals surface area contributed by atoms with Gasteiger partial charge < -0.3 is 10.4 Å². The van der Waals surface area contributed by atoms with Crippen LogP contribution in [0, 0.1) is 13.8 Å². The Morgan fingerprint density at radius 3 is 2.42 bits per heavy atom. The largest absolute Gasteiger partial charge is 0.481 e. The smallest absolute Gasteiger partial charge is 0.305 e. The molecule has 1 aromatic heterocycles. The normalized spacial score (nSPS) is 11.4. The minimum absolute atomic E-state index is 0.0861. The van der Waals surface area contributed by atoms with Gasteiger partial charge in [0.25, 0.3) is 5.91 Å². The van der Waals surface area contributed by atoms with Gasteiger partial charge >= 0.3 is 5.97 Å². The molecule has 0 unspecified atom stereocenters. The fourth-order valence-corrected chi connectivity index (χ4v) is 3.14. The van der Waals surface area contributed by atoms with Crippen LogP contribution in [-0.2, 0) is 11.3 Å². The van der Waals surface area contributed by atoms with Crippen molar-refractivity contribution >= 4 is 11.9 Å². The van der Waals surface area contributed by atoms with E-state index >= 15 is 0 Å². The summed E-state index contributed by atoms with van der Waals surface area (Å²) in [7, 11) is 0. The highest BCUT2D eigenvalue weighted by Crippen LogP contribution is 2.21. The zero-order valence-corrected chi connectivity index (χ0v) is 15.9. The van der Waals surface area contributed by atoms with E-state index in [2.05, 4.69) is 10.4 Å². The Balaban J connectivity index is 2.19. The maximum absolute atomic E-state index is 12.7. The molecule has 2 aromatic rings. The number of benzene rings is 1. The molecule has 0 fully saturated rings. The van der Waals surface area contributed by atoms with Gasteiger partial charge in [-0.25, -0.2) is 0 Å². The van der Waals surface area contributed by atoms with Crippen molar-refractivity contribution in [3.63, 3.8) is 0 Å². The molecule has 1 heterocycles. The molecule has 26 heavy (non-hydrogen) atoms. The number of aliphatic carboxylic acids is 1. The molecule has 0 aliphatic carbocycles. The van der Waals surface area contributed by atoms with Crippen LogP contribution >= 0.6 is 0 Å². The molecular formula is C20H27N3O3. The average Bonchev–Trinajstić information content (AvgIpc) is 2.91. The van der Waals surface area contributed by atoms with Crippen LogP contribution in [-0.4, -0.2) is 32.3 Å². The first-order valence-corrected chi connectivity index (χ1v) is 8.93. The first kappa shape index (κ1) is 19.7. The number of hydrogen-bond donors (Lipinski definition) is 2. The molecule has 1 amide bonds. The summed E-state index contributed by atoms with van der Waals surface area (Å²) in [6.45, 7) is 8.32. The lowest BCUT2D eigenvalue weighted by Gasteiger charge is -2.31. The molecular weight excluding hydrogens is 330 g/mol. The zero-order valence-electron chi connectivity index (χ0n) is 15.9. The van der Waals surface area contributed by atoms with Gasteiger partial charge in [0.15, 0.2) is 0 Å². The topological polar surface area (TPSA) is 84.2 Å². The Hall–Kier alpha value is -2.63. The first-order chi connectivity index (χ1) is 12.3. The number of carboxylic acid groups (broad SMARTS) is 1. The molecule has 1 aromatic carbocycles. The maximum atomic E-state index is 12.7. The first-order valence-electron chi connectivity index (χ1n) is 8.93. The number of carbonyl (C=O) groups excluding carboxylic acids is 1. The average molecular weight is 357 g/mol. The molecule has 140 valence electrons. The third-order valence-electron chi connectivity index (χ3n) is 4.85. The minimum Gasteiger partial charge on any atom is -0.481 e. The van der Waals surface area contributed by atoms with Crippen molar-refractivity contribution in [2.45, 2.75) is 59.0 Å². The molecule has 0 aliphatic heterocycles. The van der Waals surface area contributed by atoms with E-state index in [1.54, 1.807) is 6.07 Å². The van der Waals surface area contributed by atoms with E-state index in [4.69, 9.17) is 5.11 Å². The van der Waals surface area contributed by atoms with Gasteiger partial charge in [-0.15, -0.1) is 0 Å². The number of amides is 1. The highest BCUT2D eigenvalue weighted by atomic mass is 16.4. The Labute approximate surface area is 154 Å². The van der Waals surface area contributed by atoms with E-state index in [1.807, 2.05) is 56.6 Å². The highest BCUT2D eigenvalue weighted by Gasteiger charge is 2.31. The highest BCUT2D eigenvalue weighted by molar-refractivity contribution is 5.95. The number of carbonyl (C=O) groups is 2. The lowest BCUT2D eigenvalue weighted by atomic mass is 9.88. The molecule has 0 bridgehead atoms. The van der Waals surface area contributed by atoms with Crippen LogP contribution in [0.2, 0.25) is 0 Å². The van der Waals surface area contributed by atoms with Gasteiger partial charge in [-0.1, -0.05) is 26.0 Å². The summed E-state index contributed by atoms with van der Waals surface area (Å²) in [5.41, 5.74) is 2.80. The van der Waals surface area contributed by atoms with Gasteiger partial charge in [-0.2, -0.15) is 5.10 Å². The van der Waals surface area contributed by atoms with Gasteiger partial charge in [0, 0.05) is 11.3 Å². The SMILES string of the molecule is CCC(CC)(CC(=O)O)NC(=O)c1cccc(Cn2nc(C)cc2C)c1. The summed E-state index contributed by atoms with van der Waals surface area (Å²) >= 11 is 0. The van der Waals surface area contributed by atoms with Gasteiger partial charge in [-0.05, 0) is 50.5 Å². The molecule has 2 rings (SSSR count). The van der Waals surface area contributed by atoms with Crippen molar-refractivity contribution in [1.82, 2.24) is 15.1 Å². The zero-order chi connectivity index (χ0) is 19.3. The van der Waals surface area contributed by atoms with Gasteiger partial charge in [0.1, 0.15) is 0 Å². The predicted molar refractivity (Wildman–Crippen MR) is 100 cm³/mol. The van der Waals surface area contributed by atoms with E-state index in [1.165, 1.54) is 0 Å². The second-order valence-electron chi connectivity index (χ2n) is 6.80. The molecule has 0 saturated heterocycles. The fraction of sp³-hybridized carbons (Fsp3) is 0.450. The molecule has 6 heteroatoms. The monoisotopic (exact) mass is 357 g/mol. The molecule has 0 atom stereocenters. The van der Waals surface area contributed by atoms with Crippen LogP contribution in [0.15, 0.2) is 30.3 Å². The summed E-state index contributed by atoms with van der Waals surface area (Å²) in [6.07, 6.45) is 1.04. The van der Waals surface area contributed by atoms with Crippen LogP contribution in [0.4, 0.5) is 0 Å². The number of hydrogen-bond acceptors (Lipinski definition) is 3. The Bertz CT molecular complexity index is 791. The van der Waals surface area contributed by atoms with Gasteiger partial charge in [0.2, 0.25) is 0 Å². The van der Waals surface area contributed by atoms with Crippen LogP contribution in [0.3, 0.4) is 0 Å². The molecule has 0 spiro atoms. The molecule has 0 radical (unpaired) electrons. The molecule has 2 N–H and O–H groups in total. The summed E-state index contributed by atoms with van der Waals surface area (Å²) in [5.74, 6) is -1.16. The van der Waals surface area contributed by atoms with Gasteiger partial charge in [-0.3, -0.25) is 14.3 Å².